The fraction of sp³-hybridized carbons (Fsp3) is 0.611. The number of nitrogens with zero attached hydrogens (tertiary/aromatic N) is 1. The summed E-state index contributed by atoms with van der Waals surface area (Å²) < 4.78 is 26.8. The minimum Gasteiger partial charge on any atom is -0.356 e. The standard InChI is InChI=1S/C18H27N3O3S/c1-14(16-12-19-13-16)18(22)20-11-15-7-9-21(10-8-15)25(23,24)17-5-3-2-4-6-17/h2-6,14-16,19H,7-13H2,1H3,(H,20,22). The molecule has 2 N–H and O–H groups in total. The van der Waals surface area contributed by atoms with Crippen molar-refractivity contribution >= 4 is 15.9 Å². The molecule has 1 aromatic rings. The van der Waals surface area contributed by atoms with Gasteiger partial charge in [0.1, 0.15) is 0 Å². The Hall–Kier alpha value is -1.44. The molecule has 2 aliphatic rings. The molecule has 2 fully saturated rings. The molecule has 3 rings (SSSR count). The molecule has 2 saturated heterocycles. The third-order valence-corrected chi connectivity index (χ3v) is 7.37. The van der Waals surface area contributed by atoms with Gasteiger partial charge in [-0.25, -0.2) is 8.42 Å². The van der Waals surface area contributed by atoms with E-state index in [0.29, 0.717) is 36.4 Å². The zero-order chi connectivity index (χ0) is 17.9. The molecule has 1 atom stereocenters. The molecule has 25 heavy (non-hydrogen) atoms. The molecule has 0 spiro atoms. The number of carbonyl (C=O) groups is 1. The summed E-state index contributed by atoms with van der Waals surface area (Å²) in [5.74, 6) is 0.946. The van der Waals surface area contributed by atoms with Gasteiger partial charge in [-0.05, 0) is 49.9 Å². The average molecular weight is 365 g/mol. The number of hydrogen-bond donors (Lipinski definition) is 2. The van der Waals surface area contributed by atoms with E-state index in [-0.39, 0.29) is 11.8 Å². The number of piperidine rings is 1. The Morgan fingerprint density at radius 1 is 1.24 bits per heavy atom. The molecule has 138 valence electrons. The van der Waals surface area contributed by atoms with E-state index in [1.807, 2.05) is 13.0 Å². The average Bonchev–Trinajstić information content (AvgIpc) is 2.59. The maximum atomic E-state index is 12.6. The first-order valence-corrected chi connectivity index (χ1v) is 10.5. The number of amides is 1. The molecule has 1 unspecified atom stereocenters. The van der Waals surface area contributed by atoms with Gasteiger partial charge in [0.05, 0.1) is 4.90 Å². The molecule has 1 amide bonds. The van der Waals surface area contributed by atoms with Crippen LogP contribution in [-0.4, -0.2) is 51.4 Å². The van der Waals surface area contributed by atoms with Gasteiger partial charge in [-0.1, -0.05) is 25.1 Å². The number of benzene rings is 1. The zero-order valence-electron chi connectivity index (χ0n) is 14.6. The lowest BCUT2D eigenvalue weighted by Crippen LogP contribution is -2.50. The third kappa shape index (κ3) is 4.22. The first-order valence-electron chi connectivity index (χ1n) is 9.02. The van der Waals surface area contributed by atoms with Gasteiger partial charge in [0.15, 0.2) is 0 Å². The Balaban J connectivity index is 1.46. The molecule has 2 aliphatic heterocycles. The lowest BCUT2D eigenvalue weighted by Gasteiger charge is -2.33. The third-order valence-electron chi connectivity index (χ3n) is 5.45. The van der Waals surface area contributed by atoms with Crippen molar-refractivity contribution in [2.45, 2.75) is 24.7 Å². The highest BCUT2D eigenvalue weighted by Crippen LogP contribution is 2.23. The van der Waals surface area contributed by atoms with Crippen LogP contribution in [0.5, 0.6) is 0 Å². The molecule has 0 radical (unpaired) electrons. The number of carbonyl (C=O) groups excluding carboxylic acids is 1. The minimum atomic E-state index is -3.40. The van der Waals surface area contributed by atoms with Gasteiger partial charge < -0.3 is 10.6 Å². The monoisotopic (exact) mass is 365 g/mol. The molecular weight excluding hydrogens is 338 g/mol. The smallest absolute Gasteiger partial charge is 0.243 e. The van der Waals surface area contributed by atoms with E-state index in [4.69, 9.17) is 0 Å². The van der Waals surface area contributed by atoms with Crippen LogP contribution in [0.25, 0.3) is 0 Å². The van der Waals surface area contributed by atoms with Gasteiger partial charge in [0.25, 0.3) is 0 Å². The SMILES string of the molecule is CC(C(=O)NCC1CCN(S(=O)(=O)c2ccccc2)CC1)C1CNC1. The first kappa shape index (κ1) is 18.4. The molecule has 6 nitrogen and oxygen atoms in total. The number of rotatable bonds is 6. The van der Waals surface area contributed by atoms with Gasteiger partial charge in [-0.3, -0.25) is 4.79 Å². The van der Waals surface area contributed by atoms with Crippen LogP contribution in [-0.2, 0) is 14.8 Å². The Labute approximate surface area is 150 Å². The van der Waals surface area contributed by atoms with Crippen LogP contribution in [0.2, 0.25) is 0 Å². The van der Waals surface area contributed by atoms with Crippen molar-refractivity contribution in [3.05, 3.63) is 30.3 Å². The maximum absolute atomic E-state index is 12.6. The predicted molar refractivity (Wildman–Crippen MR) is 96.5 cm³/mol. The zero-order valence-corrected chi connectivity index (χ0v) is 15.5. The van der Waals surface area contributed by atoms with Crippen LogP contribution in [0.15, 0.2) is 35.2 Å². The molecule has 2 heterocycles. The molecule has 0 saturated carbocycles. The van der Waals surface area contributed by atoms with E-state index >= 15 is 0 Å². The van der Waals surface area contributed by atoms with E-state index < -0.39 is 10.0 Å². The summed E-state index contributed by atoms with van der Waals surface area (Å²) in [6, 6.07) is 8.58. The van der Waals surface area contributed by atoms with E-state index in [1.54, 1.807) is 28.6 Å². The quantitative estimate of drug-likeness (QED) is 0.790. The number of sulfonamides is 1. The van der Waals surface area contributed by atoms with Crippen LogP contribution in [0, 0.1) is 17.8 Å². The summed E-state index contributed by atoms with van der Waals surface area (Å²) in [6.45, 7) is 5.49. The highest BCUT2D eigenvalue weighted by molar-refractivity contribution is 7.89. The summed E-state index contributed by atoms with van der Waals surface area (Å²) in [5.41, 5.74) is 0. The molecular formula is C18H27N3O3S. The highest BCUT2D eigenvalue weighted by Gasteiger charge is 2.31. The summed E-state index contributed by atoms with van der Waals surface area (Å²) in [6.07, 6.45) is 1.57. The Kier molecular flexibility index (Phi) is 5.76. The second kappa shape index (κ2) is 7.85. The maximum Gasteiger partial charge on any atom is 0.243 e. The normalized spacial score (nSPS) is 21.5. The van der Waals surface area contributed by atoms with E-state index in [0.717, 1.165) is 25.9 Å². The lowest BCUT2D eigenvalue weighted by atomic mass is 9.88. The molecule has 0 bridgehead atoms. The molecule has 0 aliphatic carbocycles. The van der Waals surface area contributed by atoms with E-state index in [2.05, 4.69) is 10.6 Å². The highest BCUT2D eigenvalue weighted by atomic mass is 32.2. The second-order valence-electron chi connectivity index (χ2n) is 7.11. The van der Waals surface area contributed by atoms with Crippen LogP contribution in [0.4, 0.5) is 0 Å². The number of nitrogens with one attached hydrogen (secondary N) is 2. The number of hydrogen-bond acceptors (Lipinski definition) is 4. The Bertz CT molecular complexity index is 681. The van der Waals surface area contributed by atoms with Gasteiger partial charge in [0, 0.05) is 25.6 Å². The largest absolute Gasteiger partial charge is 0.356 e. The van der Waals surface area contributed by atoms with Crippen LogP contribution >= 0.6 is 0 Å². The van der Waals surface area contributed by atoms with Crippen LogP contribution < -0.4 is 10.6 Å². The van der Waals surface area contributed by atoms with Crippen LogP contribution in [0.1, 0.15) is 19.8 Å². The van der Waals surface area contributed by atoms with Crippen molar-refractivity contribution in [1.29, 1.82) is 0 Å². The van der Waals surface area contributed by atoms with Crippen molar-refractivity contribution in [3.63, 3.8) is 0 Å². The Morgan fingerprint density at radius 3 is 2.44 bits per heavy atom. The topological polar surface area (TPSA) is 78.5 Å². The predicted octanol–water partition coefficient (Wildman–Crippen LogP) is 1.06. The van der Waals surface area contributed by atoms with E-state index in [9.17, 15) is 13.2 Å². The summed E-state index contributed by atoms with van der Waals surface area (Å²) in [4.78, 5) is 12.5. The first-order chi connectivity index (χ1) is 12.0. The van der Waals surface area contributed by atoms with Crippen LogP contribution in [0.3, 0.4) is 0 Å². The van der Waals surface area contributed by atoms with Crippen molar-refractivity contribution < 1.29 is 13.2 Å². The lowest BCUT2D eigenvalue weighted by molar-refractivity contribution is -0.126. The fourth-order valence-electron chi connectivity index (χ4n) is 3.38. The van der Waals surface area contributed by atoms with Crippen molar-refractivity contribution in [1.82, 2.24) is 14.9 Å². The van der Waals surface area contributed by atoms with Crippen molar-refractivity contribution in [3.8, 4) is 0 Å². The van der Waals surface area contributed by atoms with Gasteiger partial charge in [-0.2, -0.15) is 4.31 Å². The minimum absolute atomic E-state index is 0.0415. The summed E-state index contributed by atoms with van der Waals surface area (Å²) in [5, 5.41) is 6.24. The van der Waals surface area contributed by atoms with Gasteiger partial charge in [0.2, 0.25) is 15.9 Å². The van der Waals surface area contributed by atoms with Gasteiger partial charge >= 0.3 is 0 Å². The summed E-state index contributed by atoms with van der Waals surface area (Å²) in [7, 11) is -3.40. The Morgan fingerprint density at radius 2 is 1.88 bits per heavy atom. The van der Waals surface area contributed by atoms with Crippen molar-refractivity contribution in [2.75, 3.05) is 32.7 Å². The molecule has 1 aromatic carbocycles. The van der Waals surface area contributed by atoms with Crippen molar-refractivity contribution in [2.24, 2.45) is 17.8 Å². The fourth-order valence-corrected chi connectivity index (χ4v) is 4.87. The van der Waals surface area contributed by atoms with Gasteiger partial charge in [-0.15, -0.1) is 0 Å². The summed E-state index contributed by atoms with van der Waals surface area (Å²) >= 11 is 0. The van der Waals surface area contributed by atoms with E-state index in [1.165, 1.54) is 0 Å². The molecule has 7 heteroatoms. The second-order valence-corrected chi connectivity index (χ2v) is 9.05. The molecule has 0 aromatic heterocycles.